The Kier molecular flexibility index (Phi) is 6.70. The number of methoxy groups -OCH3 is 1. The first-order valence-electron chi connectivity index (χ1n) is 10.5. The molecule has 34 heavy (non-hydrogen) atoms. The van der Waals surface area contributed by atoms with Crippen LogP contribution < -0.4 is 14.2 Å². The second-order valence-electron chi connectivity index (χ2n) is 7.53. The van der Waals surface area contributed by atoms with Gasteiger partial charge >= 0.3 is 0 Å². The van der Waals surface area contributed by atoms with Crippen molar-refractivity contribution in [2.24, 2.45) is 0 Å². The molecule has 12 heteroatoms. The third kappa shape index (κ3) is 4.68. The highest BCUT2D eigenvalue weighted by molar-refractivity contribution is 7.89. The number of fused-ring (bicyclic) bond motifs is 1. The Morgan fingerprint density at radius 1 is 1.12 bits per heavy atom. The SMILES string of the molecule is COc1cc(/C=C/C(=O)N2CCN(S(=O)(=O)c3ccccc3[N+](=O)[O-])CC2)cc2c1OCCO2. The maximum absolute atomic E-state index is 12.9. The fourth-order valence-electron chi connectivity index (χ4n) is 3.78. The number of carbonyl (C=O) groups is 1. The third-order valence-corrected chi connectivity index (χ3v) is 7.44. The molecule has 0 unspecified atom stereocenters. The Morgan fingerprint density at radius 3 is 2.53 bits per heavy atom. The average molecular weight is 490 g/mol. The number of sulfonamides is 1. The highest BCUT2D eigenvalue weighted by atomic mass is 32.2. The van der Waals surface area contributed by atoms with Gasteiger partial charge in [-0.2, -0.15) is 4.31 Å². The van der Waals surface area contributed by atoms with E-state index < -0.39 is 20.6 Å². The molecule has 2 aliphatic rings. The first kappa shape index (κ1) is 23.5. The van der Waals surface area contributed by atoms with Crippen LogP contribution in [0.2, 0.25) is 0 Å². The van der Waals surface area contributed by atoms with E-state index in [-0.39, 0.29) is 37.0 Å². The van der Waals surface area contributed by atoms with E-state index in [9.17, 15) is 23.3 Å². The molecule has 0 spiro atoms. The minimum absolute atomic E-state index is 0.0335. The molecule has 4 rings (SSSR count). The third-order valence-electron chi connectivity index (χ3n) is 5.50. The highest BCUT2D eigenvalue weighted by Crippen LogP contribution is 2.40. The number of hydrogen-bond donors (Lipinski definition) is 0. The summed E-state index contributed by atoms with van der Waals surface area (Å²) in [5.41, 5.74) is 0.214. The van der Waals surface area contributed by atoms with Crippen LogP contribution in [-0.4, -0.2) is 75.0 Å². The van der Waals surface area contributed by atoms with Gasteiger partial charge in [0.05, 0.1) is 12.0 Å². The number of nitro benzene ring substituents is 1. The molecule has 0 aliphatic carbocycles. The van der Waals surface area contributed by atoms with Gasteiger partial charge in [-0.25, -0.2) is 8.42 Å². The summed E-state index contributed by atoms with van der Waals surface area (Å²) in [4.78, 5) is 24.4. The number of rotatable bonds is 6. The van der Waals surface area contributed by atoms with Crippen LogP contribution in [0.4, 0.5) is 5.69 Å². The van der Waals surface area contributed by atoms with E-state index in [1.807, 2.05) is 0 Å². The molecular weight excluding hydrogens is 466 g/mol. The maximum Gasteiger partial charge on any atom is 0.289 e. The van der Waals surface area contributed by atoms with Crippen molar-refractivity contribution >= 4 is 27.7 Å². The number of carbonyl (C=O) groups excluding carboxylic acids is 1. The zero-order valence-corrected chi connectivity index (χ0v) is 19.2. The Labute approximate surface area is 196 Å². The van der Waals surface area contributed by atoms with Crippen molar-refractivity contribution in [3.05, 3.63) is 58.2 Å². The molecule has 0 bridgehead atoms. The smallest absolute Gasteiger partial charge is 0.289 e. The number of benzene rings is 2. The van der Waals surface area contributed by atoms with Gasteiger partial charge in [0.25, 0.3) is 5.69 Å². The van der Waals surface area contributed by atoms with Gasteiger partial charge in [0.15, 0.2) is 16.4 Å². The standard InChI is InChI=1S/C22H23N3O8S/c1-31-18-14-16(15-19-22(18)33-13-12-32-19)6-7-21(26)23-8-10-24(11-9-23)34(29,30)20-5-3-2-4-17(20)25(27)28/h2-7,14-15H,8-13H2,1H3/b7-6+. The van der Waals surface area contributed by atoms with Gasteiger partial charge < -0.3 is 19.1 Å². The first-order chi connectivity index (χ1) is 16.3. The van der Waals surface area contributed by atoms with E-state index in [2.05, 4.69) is 0 Å². The van der Waals surface area contributed by atoms with Gasteiger partial charge in [-0.15, -0.1) is 0 Å². The summed E-state index contributed by atoms with van der Waals surface area (Å²) in [7, 11) is -2.54. The fourth-order valence-corrected chi connectivity index (χ4v) is 5.36. The molecule has 0 radical (unpaired) electrons. The predicted octanol–water partition coefficient (Wildman–Crippen LogP) is 1.92. The van der Waals surface area contributed by atoms with E-state index in [1.54, 1.807) is 18.2 Å². The number of piperazine rings is 1. The summed E-state index contributed by atoms with van der Waals surface area (Å²) in [6.07, 6.45) is 3.02. The largest absolute Gasteiger partial charge is 0.493 e. The molecule has 1 amide bonds. The molecule has 0 aromatic heterocycles. The number of nitrogens with zero attached hydrogens (tertiary/aromatic N) is 3. The van der Waals surface area contributed by atoms with E-state index >= 15 is 0 Å². The summed E-state index contributed by atoms with van der Waals surface area (Å²) in [5, 5.41) is 11.2. The van der Waals surface area contributed by atoms with E-state index in [1.165, 1.54) is 36.3 Å². The van der Waals surface area contributed by atoms with E-state index in [4.69, 9.17) is 14.2 Å². The van der Waals surface area contributed by atoms with Crippen molar-refractivity contribution in [2.75, 3.05) is 46.5 Å². The average Bonchev–Trinajstić information content (AvgIpc) is 2.86. The first-order valence-corrected chi connectivity index (χ1v) is 11.9. The van der Waals surface area contributed by atoms with Crippen LogP contribution in [0.25, 0.3) is 6.08 Å². The van der Waals surface area contributed by atoms with Crippen LogP contribution in [0.5, 0.6) is 17.2 Å². The summed E-state index contributed by atoms with van der Waals surface area (Å²) < 4.78 is 43.6. The molecule has 2 aromatic rings. The zero-order valence-electron chi connectivity index (χ0n) is 18.4. The van der Waals surface area contributed by atoms with E-state index in [0.29, 0.717) is 36.0 Å². The van der Waals surface area contributed by atoms with Crippen LogP contribution in [0.1, 0.15) is 5.56 Å². The van der Waals surface area contributed by atoms with Crippen LogP contribution in [0, 0.1) is 10.1 Å². The van der Waals surface area contributed by atoms with Gasteiger partial charge in [0, 0.05) is 38.3 Å². The van der Waals surface area contributed by atoms with Crippen LogP contribution >= 0.6 is 0 Å². The van der Waals surface area contributed by atoms with Crippen molar-refractivity contribution < 1.29 is 32.3 Å². The van der Waals surface area contributed by atoms with Gasteiger partial charge in [-0.05, 0) is 29.8 Å². The van der Waals surface area contributed by atoms with Crippen molar-refractivity contribution in [1.82, 2.24) is 9.21 Å². The van der Waals surface area contributed by atoms with Gasteiger partial charge in [-0.1, -0.05) is 12.1 Å². The number of nitro groups is 1. The minimum atomic E-state index is -4.06. The minimum Gasteiger partial charge on any atom is -0.493 e. The summed E-state index contributed by atoms with van der Waals surface area (Å²) in [5.74, 6) is 1.27. The molecule has 2 aromatic carbocycles. The number of para-hydroxylation sites is 1. The summed E-state index contributed by atoms with van der Waals surface area (Å²) >= 11 is 0. The second-order valence-corrected chi connectivity index (χ2v) is 9.44. The Bertz CT molecular complexity index is 1220. The zero-order chi connectivity index (χ0) is 24.3. The number of ether oxygens (including phenoxy) is 3. The lowest BCUT2D eigenvalue weighted by molar-refractivity contribution is -0.387. The Morgan fingerprint density at radius 2 is 1.82 bits per heavy atom. The summed E-state index contributed by atoms with van der Waals surface area (Å²) in [6, 6.07) is 8.71. The van der Waals surface area contributed by atoms with Crippen LogP contribution in [0.3, 0.4) is 0 Å². The van der Waals surface area contributed by atoms with Crippen LogP contribution in [-0.2, 0) is 14.8 Å². The Balaban J connectivity index is 1.43. The van der Waals surface area contributed by atoms with Crippen molar-refractivity contribution in [1.29, 1.82) is 0 Å². The normalized spacial score (nSPS) is 16.4. The maximum atomic E-state index is 12.9. The molecule has 0 saturated carbocycles. The van der Waals surface area contributed by atoms with Gasteiger partial charge in [-0.3, -0.25) is 14.9 Å². The number of amides is 1. The molecule has 11 nitrogen and oxygen atoms in total. The molecular formula is C22H23N3O8S. The predicted molar refractivity (Wildman–Crippen MR) is 121 cm³/mol. The fraction of sp³-hybridized carbons (Fsp3) is 0.318. The van der Waals surface area contributed by atoms with E-state index in [0.717, 1.165) is 10.4 Å². The molecule has 1 fully saturated rings. The molecule has 180 valence electrons. The lowest BCUT2D eigenvalue weighted by Crippen LogP contribution is -2.50. The molecule has 0 atom stereocenters. The van der Waals surface area contributed by atoms with Gasteiger partial charge in [0.1, 0.15) is 13.2 Å². The number of hydrogen-bond acceptors (Lipinski definition) is 8. The summed E-state index contributed by atoms with van der Waals surface area (Å²) in [6.45, 7) is 1.23. The molecule has 2 heterocycles. The highest BCUT2D eigenvalue weighted by Gasteiger charge is 2.34. The van der Waals surface area contributed by atoms with Gasteiger partial charge in [0.2, 0.25) is 21.7 Å². The molecule has 2 aliphatic heterocycles. The van der Waals surface area contributed by atoms with Crippen LogP contribution in [0.15, 0.2) is 47.4 Å². The molecule has 0 N–H and O–H groups in total. The molecule has 1 saturated heterocycles. The second kappa shape index (κ2) is 9.69. The quantitative estimate of drug-likeness (QED) is 0.342. The lowest BCUT2D eigenvalue weighted by Gasteiger charge is -2.33. The van der Waals surface area contributed by atoms with Crippen molar-refractivity contribution in [3.8, 4) is 17.2 Å². The van der Waals surface area contributed by atoms with Crippen molar-refractivity contribution in [2.45, 2.75) is 4.90 Å². The monoisotopic (exact) mass is 489 g/mol. The topological polar surface area (TPSA) is 129 Å². The van der Waals surface area contributed by atoms with Crippen molar-refractivity contribution in [3.63, 3.8) is 0 Å². The lowest BCUT2D eigenvalue weighted by atomic mass is 10.1. The Hall–Kier alpha value is -3.64.